The number of nitrogen functional groups attached to an aromatic ring is 1. The van der Waals surface area contributed by atoms with E-state index in [-0.39, 0.29) is 0 Å². The van der Waals surface area contributed by atoms with Gasteiger partial charge in [0.05, 0.1) is 6.33 Å². The molecule has 1 aliphatic rings. The van der Waals surface area contributed by atoms with Crippen LogP contribution in [0.5, 0.6) is 0 Å². The molecule has 1 fully saturated rings. The lowest BCUT2D eigenvalue weighted by Crippen LogP contribution is -1.97. The van der Waals surface area contributed by atoms with Crippen LogP contribution in [-0.4, -0.2) is 9.55 Å². The fourth-order valence-corrected chi connectivity index (χ4v) is 3.39. The Labute approximate surface area is 119 Å². The number of imidazole rings is 1. The van der Waals surface area contributed by atoms with Crippen molar-refractivity contribution < 1.29 is 0 Å². The first-order valence-corrected chi connectivity index (χ1v) is 7.70. The molecule has 3 rings (SSSR count). The van der Waals surface area contributed by atoms with E-state index in [2.05, 4.69) is 31.5 Å². The maximum absolute atomic E-state index is 5.98. The molecule has 0 saturated heterocycles. The SMILES string of the molecule is Nc1ccc(Br)cc1SCc1cncn1C1CC1. The average Bonchev–Trinajstić information content (AvgIpc) is 3.10. The van der Waals surface area contributed by atoms with Gasteiger partial charge in [-0.25, -0.2) is 4.98 Å². The van der Waals surface area contributed by atoms with E-state index in [0.717, 1.165) is 20.8 Å². The lowest BCUT2D eigenvalue weighted by Gasteiger charge is -2.08. The predicted octanol–water partition coefficient (Wildman–Crippen LogP) is 3.86. The first-order chi connectivity index (χ1) is 8.74. The van der Waals surface area contributed by atoms with Gasteiger partial charge in [0, 0.05) is 38.7 Å². The van der Waals surface area contributed by atoms with Gasteiger partial charge in [0.2, 0.25) is 0 Å². The summed E-state index contributed by atoms with van der Waals surface area (Å²) in [5.74, 6) is 0.914. The molecule has 5 heteroatoms. The van der Waals surface area contributed by atoms with Gasteiger partial charge in [0.15, 0.2) is 0 Å². The number of anilines is 1. The summed E-state index contributed by atoms with van der Waals surface area (Å²) in [5, 5.41) is 0. The molecule has 1 saturated carbocycles. The van der Waals surface area contributed by atoms with E-state index in [4.69, 9.17) is 5.73 Å². The Kier molecular flexibility index (Phi) is 3.35. The van der Waals surface area contributed by atoms with Gasteiger partial charge in [-0.05, 0) is 31.0 Å². The van der Waals surface area contributed by atoms with Gasteiger partial charge in [-0.15, -0.1) is 11.8 Å². The largest absolute Gasteiger partial charge is 0.398 e. The van der Waals surface area contributed by atoms with Crippen molar-refractivity contribution in [2.24, 2.45) is 0 Å². The van der Waals surface area contributed by atoms with Crippen LogP contribution in [0.1, 0.15) is 24.6 Å². The Bertz CT molecular complexity index is 563. The van der Waals surface area contributed by atoms with Crippen molar-refractivity contribution in [1.82, 2.24) is 9.55 Å². The Morgan fingerprint density at radius 1 is 1.44 bits per heavy atom. The zero-order chi connectivity index (χ0) is 12.5. The topological polar surface area (TPSA) is 43.8 Å². The number of hydrogen-bond acceptors (Lipinski definition) is 3. The molecule has 94 valence electrons. The molecule has 0 spiro atoms. The van der Waals surface area contributed by atoms with E-state index in [0.29, 0.717) is 6.04 Å². The maximum atomic E-state index is 5.98. The summed E-state index contributed by atoms with van der Waals surface area (Å²) in [5.41, 5.74) is 8.09. The summed E-state index contributed by atoms with van der Waals surface area (Å²) < 4.78 is 3.36. The highest BCUT2D eigenvalue weighted by Gasteiger charge is 2.25. The number of halogens is 1. The van der Waals surface area contributed by atoms with E-state index in [9.17, 15) is 0 Å². The molecule has 0 aliphatic heterocycles. The van der Waals surface area contributed by atoms with Gasteiger partial charge in [0.25, 0.3) is 0 Å². The highest BCUT2D eigenvalue weighted by atomic mass is 79.9. The first kappa shape index (κ1) is 12.1. The number of nitrogens with two attached hydrogens (primary N) is 1. The van der Waals surface area contributed by atoms with Gasteiger partial charge in [-0.2, -0.15) is 0 Å². The lowest BCUT2D eigenvalue weighted by molar-refractivity contribution is 0.714. The van der Waals surface area contributed by atoms with Crippen molar-refractivity contribution in [2.75, 3.05) is 5.73 Å². The third-order valence-corrected chi connectivity index (χ3v) is 4.64. The van der Waals surface area contributed by atoms with Crippen LogP contribution in [-0.2, 0) is 5.75 Å². The standard InChI is InChI=1S/C13H14BrN3S/c14-9-1-4-12(15)13(5-9)18-7-11-6-16-8-17(11)10-2-3-10/h1,4-6,8,10H,2-3,7,15H2. The minimum absolute atomic E-state index is 0.683. The summed E-state index contributed by atoms with van der Waals surface area (Å²) in [6, 6.07) is 6.65. The minimum Gasteiger partial charge on any atom is -0.398 e. The number of rotatable bonds is 4. The number of aromatic nitrogens is 2. The molecule has 0 bridgehead atoms. The van der Waals surface area contributed by atoms with Crippen LogP contribution in [0.15, 0.2) is 40.1 Å². The van der Waals surface area contributed by atoms with Gasteiger partial charge < -0.3 is 10.3 Å². The van der Waals surface area contributed by atoms with Crippen LogP contribution in [0.2, 0.25) is 0 Å². The molecule has 3 nitrogen and oxygen atoms in total. The number of thioether (sulfide) groups is 1. The molecule has 0 amide bonds. The Balaban J connectivity index is 1.73. The zero-order valence-electron chi connectivity index (χ0n) is 9.84. The van der Waals surface area contributed by atoms with Crippen LogP contribution < -0.4 is 5.73 Å². The highest BCUT2D eigenvalue weighted by molar-refractivity contribution is 9.10. The van der Waals surface area contributed by atoms with E-state index in [1.54, 1.807) is 11.8 Å². The molecule has 0 unspecified atom stereocenters. The van der Waals surface area contributed by atoms with Crippen LogP contribution >= 0.6 is 27.7 Å². The molecular formula is C13H14BrN3S. The number of benzene rings is 1. The first-order valence-electron chi connectivity index (χ1n) is 5.92. The summed E-state index contributed by atoms with van der Waals surface area (Å²) in [6.07, 6.45) is 6.47. The predicted molar refractivity (Wildman–Crippen MR) is 78.6 cm³/mol. The molecule has 2 N–H and O–H groups in total. The summed E-state index contributed by atoms with van der Waals surface area (Å²) in [6.45, 7) is 0. The summed E-state index contributed by atoms with van der Waals surface area (Å²) >= 11 is 5.24. The van der Waals surface area contributed by atoms with Crippen LogP contribution in [0.3, 0.4) is 0 Å². The fraction of sp³-hybridized carbons (Fsp3) is 0.308. The second-order valence-corrected chi connectivity index (χ2v) is 6.43. The van der Waals surface area contributed by atoms with Gasteiger partial charge >= 0.3 is 0 Å². The maximum Gasteiger partial charge on any atom is 0.0951 e. The summed E-state index contributed by atoms with van der Waals surface area (Å²) in [7, 11) is 0. The second-order valence-electron chi connectivity index (χ2n) is 4.49. The van der Waals surface area contributed by atoms with Crippen molar-refractivity contribution in [2.45, 2.75) is 29.5 Å². The smallest absolute Gasteiger partial charge is 0.0951 e. The van der Waals surface area contributed by atoms with E-state index in [1.165, 1.54) is 18.5 Å². The van der Waals surface area contributed by atoms with Crippen LogP contribution in [0.25, 0.3) is 0 Å². The monoisotopic (exact) mass is 323 g/mol. The van der Waals surface area contributed by atoms with Crippen molar-refractivity contribution in [3.63, 3.8) is 0 Å². The van der Waals surface area contributed by atoms with E-state index < -0.39 is 0 Å². The van der Waals surface area contributed by atoms with Crippen LogP contribution in [0, 0.1) is 0 Å². The zero-order valence-corrected chi connectivity index (χ0v) is 12.2. The van der Waals surface area contributed by atoms with E-state index in [1.807, 2.05) is 24.7 Å². The van der Waals surface area contributed by atoms with Gasteiger partial charge in [-0.3, -0.25) is 0 Å². The van der Waals surface area contributed by atoms with Gasteiger partial charge in [0.1, 0.15) is 0 Å². The third kappa shape index (κ3) is 2.57. The Morgan fingerprint density at radius 3 is 3.06 bits per heavy atom. The molecule has 0 atom stereocenters. The lowest BCUT2D eigenvalue weighted by atomic mass is 10.3. The molecule has 2 aromatic rings. The van der Waals surface area contributed by atoms with Crippen molar-refractivity contribution >= 4 is 33.4 Å². The normalized spacial score (nSPS) is 14.9. The minimum atomic E-state index is 0.683. The molecule has 1 aliphatic carbocycles. The Morgan fingerprint density at radius 2 is 2.28 bits per heavy atom. The average molecular weight is 324 g/mol. The molecule has 1 aromatic heterocycles. The molecule has 1 heterocycles. The molecule has 1 aromatic carbocycles. The molecular weight excluding hydrogens is 310 g/mol. The fourth-order valence-electron chi connectivity index (χ4n) is 1.91. The van der Waals surface area contributed by atoms with Crippen molar-refractivity contribution in [1.29, 1.82) is 0 Å². The Hall–Kier alpha value is -0.940. The quantitative estimate of drug-likeness (QED) is 0.686. The third-order valence-electron chi connectivity index (χ3n) is 3.04. The van der Waals surface area contributed by atoms with Gasteiger partial charge in [-0.1, -0.05) is 15.9 Å². The van der Waals surface area contributed by atoms with Crippen molar-refractivity contribution in [3.05, 3.63) is 40.9 Å². The molecule has 18 heavy (non-hydrogen) atoms. The molecule has 0 radical (unpaired) electrons. The highest BCUT2D eigenvalue weighted by Crippen LogP contribution is 2.37. The second kappa shape index (κ2) is 4.97. The number of hydrogen-bond donors (Lipinski definition) is 1. The van der Waals surface area contributed by atoms with Crippen molar-refractivity contribution in [3.8, 4) is 0 Å². The van der Waals surface area contributed by atoms with Crippen LogP contribution in [0.4, 0.5) is 5.69 Å². The summed E-state index contributed by atoms with van der Waals surface area (Å²) in [4.78, 5) is 5.36. The van der Waals surface area contributed by atoms with E-state index >= 15 is 0 Å². The number of nitrogens with zero attached hydrogens (tertiary/aromatic N) is 2.